The number of nitrogens with one attached hydrogen (secondary N) is 1. The summed E-state index contributed by atoms with van der Waals surface area (Å²) in [5.74, 6) is 0.527. The van der Waals surface area contributed by atoms with Crippen molar-refractivity contribution in [2.75, 3.05) is 6.61 Å². The van der Waals surface area contributed by atoms with Gasteiger partial charge in [0.1, 0.15) is 5.75 Å². The number of hydrogen-bond acceptors (Lipinski definition) is 4. The molecule has 0 saturated carbocycles. The molecule has 1 N–H and O–H groups in total. The minimum absolute atomic E-state index is 0.150. The molecule has 2 aromatic carbocycles. The zero-order valence-corrected chi connectivity index (χ0v) is 16.9. The zero-order chi connectivity index (χ0) is 18.9. The summed E-state index contributed by atoms with van der Waals surface area (Å²) >= 11 is 3.44. The number of benzene rings is 2. The first-order valence-corrected chi connectivity index (χ1v) is 10.7. The van der Waals surface area contributed by atoms with Crippen molar-refractivity contribution >= 4 is 31.7 Å². The first-order valence-electron chi connectivity index (χ1n) is 8.36. The maximum Gasteiger partial charge on any atom is 0.251 e. The fourth-order valence-corrected chi connectivity index (χ4v) is 4.26. The molecule has 138 valence electrons. The molecule has 0 aromatic heterocycles. The lowest BCUT2D eigenvalue weighted by Crippen LogP contribution is -2.32. The van der Waals surface area contributed by atoms with Crippen molar-refractivity contribution in [2.24, 2.45) is 0 Å². The van der Waals surface area contributed by atoms with E-state index in [1.54, 1.807) is 26.0 Å². The summed E-state index contributed by atoms with van der Waals surface area (Å²) in [5, 5.41) is 2.51. The minimum atomic E-state index is -3.34. The van der Waals surface area contributed by atoms with E-state index in [0.29, 0.717) is 18.6 Å². The highest BCUT2D eigenvalue weighted by atomic mass is 79.9. The Morgan fingerprint density at radius 3 is 2.54 bits per heavy atom. The van der Waals surface area contributed by atoms with Crippen molar-refractivity contribution in [3.8, 4) is 5.75 Å². The van der Waals surface area contributed by atoms with Gasteiger partial charge in [-0.2, -0.15) is 0 Å². The number of carbonyl (C=O) groups excluding carboxylic acids is 1. The van der Waals surface area contributed by atoms with E-state index in [2.05, 4.69) is 21.2 Å². The van der Waals surface area contributed by atoms with Crippen molar-refractivity contribution in [1.29, 1.82) is 0 Å². The summed E-state index contributed by atoms with van der Waals surface area (Å²) in [6.45, 7) is 3.80. The average Bonchev–Trinajstić information content (AvgIpc) is 2.62. The molecule has 1 heterocycles. The molecule has 0 aliphatic carbocycles. The van der Waals surface area contributed by atoms with Gasteiger partial charge >= 0.3 is 0 Å². The Bertz CT molecular complexity index is 923. The molecule has 1 aliphatic rings. The van der Waals surface area contributed by atoms with Gasteiger partial charge in [0.05, 0.1) is 22.8 Å². The van der Waals surface area contributed by atoms with Crippen LogP contribution in [0.3, 0.4) is 0 Å². The first-order chi connectivity index (χ1) is 12.3. The summed E-state index contributed by atoms with van der Waals surface area (Å²) in [4.78, 5) is 12.8. The smallest absolute Gasteiger partial charge is 0.251 e. The summed E-state index contributed by atoms with van der Waals surface area (Å²) in [6, 6.07) is 11.6. The zero-order valence-electron chi connectivity index (χ0n) is 14.5. The van der Waals surface area contributed by atoms with Crippen molar-refractivity contribution in [1.82, 2.24) is 5.32 Å². The number of ether oxygens (including phenoxy) is 1. The van der Waals surface area contributed by atoms with Gasteiger partial charge in [-0.1, -0.05) is 15.9 Å². The predicted molar refractivity (Wildman–Crippen MR) is 103 cm³/mol. The van der Waals surface area contributed by atoms with E-state index in [-0.39, 0.29) is 16.8 Å². The van der Waals surface area contributed by atoms with Gasteiger partial charge in [0.2, 0.25) is 0 Å². The Morgan fingerprint density at radius 2 is 1.88 bits per heavy atom. The van der Waals surface area contributed by atoms with Crippen LogP contribution < -0.4 is 10.1 Å². The highest BCUT2D eigenvalue weighted by Gasteiger charge is 2.24. The summed E-state index contributed by atoms with van der Waals surface area (Å²) in [6.07, 6.45) is 0.676. The van der Waals surface area contributed by atoms with Crippen LogP contribution in [0.1, 0.15) is 42.2 Å². The lowest BCUT2D eigenvalue weighted by Gasteiger charge is -2.27. The van der Waals surface area contributed by atoms with Crippen LogP contribution in [0.15, 0.2) is 51.8 Å². The van der Waals surface area contributed by atoms with Crippen LogP contribution in [0.25, 0.3) is 0 Å². The summed E-state index contributed by atoms with van der Waals surface area (Å²) < 4.78 is 30.9. The minimum Gasteiger partial charge on any atom is -0.493 e. The molecule has 0 saturated heterocycles. The van der Waals surface area contributed by atoms with Gasteiger partial charge in [0.25, 0.3) is 5.91 Å². The van der Waals surface area contributed by atoms with Crippen LogP contribution in [-0.4, -0.2) is 26.2 Å². The van der Waals surface area contributed by atoms with E-state index >= 15 is 0 Å². The Kier molecular flexibility index (Phi) is 5.39. The highest BCUT2D eigenvalue weighted by molar-refractivity contribution is 9.10. The Labute approximate surface area is 161 Å². The van der Waals surface area contributed by atoms with Crippen LogP contribution in [0.4, 0.5) is 0 Å². The molecule has 0 fully saturated rings. The molecule has 0 bridgehead atoms. The molecule has 0 spiro atoms. The molecule has 5 nitrogen and oxygen atoms in total. The number of hydrogen-bond donors (Lipinski definition) is 1. The fourth-order valence-electron chi connectivity index (χ4n) is 2.82. The molecule has 2 aromatic rings. The maximum atomic E-state index is 12.6. The lowest BCUT2D eigenvalue weighted by molar-refractivity contribution is 0.0924. The number of halogens is 1. The second kappa shape index (κ2) is 7.40. The molecule has 26 heavy (non-hydrogen) atoms. The van der Waals surface area contributed by atoms with Gasteiger partial charge in [-0.25, -0.2) is 8.42 Å². The SMILES string of the molecule is CC(C)S(=O)(=O)c1ccc(C(=O)NC2CCOc3ccc(Br)cc32)cc1. The predicted octanol–water partition coefficient (Wildman–Crippen LogP) is 3.88. The lowest BCUT2D eigenvalue weighted by atomic mass is 10.00. The molecule has 1 unspecified atom stereocenters. The first kappa shape index (κ1) is 18.9. The van der Waals surface area contributed by atoms with Gasteiger partial charge in [-0.15, -0.1) is 0 Å². The summed E-state index contributed by atoms with van der Waals surface area (Å²) in [5.41, 5.74) is 1.36. The number of sulfone groups is 1. The van der Waals surface area contributed by atoms with Crippen LogP contribution in [0.2, 0.25) is 0 Å². The van der Waals surface area contributed by atoms with E-state index in [1.165, 1.54) is 12.1 Å². The molecule has 1 amide bonds. The van der Waals surface area contributed by atoms with Crippen LogP contribution in [0, 0.1) is 0 Å². The number of amides is 1. The second-order valence-corrected chi connectivity index (χ2v) is 9.88. The van der Waals surface area contributed by atoms with Crippen molar-refractivity contribution in [3.05, 3.63) is 58.1 Å². The standard InChI is InChI=1S/C19H20BrNO4S/c1-12(2)26(23,24)15-6-3-13(4-7-15)19(22)21-17-9-10-25-18-8-5-14(20)11-16(17)18/h3-8,11-12,17H,9-10H2,1-2H3,(H,21,22). The second-order valence-electron chi connectivity index (χ2n) is 6.46. The molecule has 7 heteroatoms. The summed E-state index contributed by atoms with van der Waals surface area (Å²) in [7, 11) is -3.34. The molecule has 1 aliphatic heterocycles. The van der Waals surface area contributed by atoms with E-state index in [1.807, 2.05) is 18.2 Å². The number of carbonyl (C=O) groups is 1. The van der Waals surface area contributed by atoms with Gasteiger partial charge in [-0.05, 0) is 56.3 Å². The van der Waals surface area contributed by atoms with E-state index in [9.17, 15) is 13.2 Å². The Hall–Kier alpha value is -1.86. The molecule has 0 radical (unpaired) electrons. The largest absolute Gasteiger partial charge is 0.493 e. The molecule has 1 atom stereocenters. The van der Waals surface area contributed by atoms with E-state index < -0.39 is 15.1 Å². The van der Waals surface area contributed by atoms with Gasteiger partial charge in [-0.3, -0.25) is 4.79 Å². The molecular formula is C19H20BrNO4S. The van der Waals surface area contributed by atoms with Crippen molar-refractivity contribution < 1.29 is 17.9 Å². The monoisotopic (exact) mass is 437 g/mol. The quantitative estimate of drug-likeness (QED) is 0.787. The van der Waals surface area contributed by atoms with Crippen molar-refractivity contribution in [3.63, 3.8) is 0 Å². The third-order valence-corrected chi connectivity index (χ3v) is 7.05. The number of fused-ring (bicyclic) bond motifs is 1. The van der Waals surface area contributed by atoms with Crippen molar-refractivity contribution in [2.45, 2.75) is 36.5 Å². The average molecular weight is 438 g/mol. The fraction of sp³-hybridized carbons (Fsp3) is 0.316. The van der Waals surface area contributed by atoms with Gasteiger partial charge in [0.15, 0.2) is 9.84 Å². The van der Waals surface area contributed by atoms with E-state index in [4.69, 9.17) is 4.74 Å². The molecule has 3 rings (SSSR count). The third kappa shape index (κ3) is 3.78. The molecular weight excluding hydrogens is 418 g/mol. The topological polar surface area (TPSA) is 72.5 Å². The Morgan fingerprint density at radius 1 is 1.19 bits per heavy atom. The normalized spacial score (nSPS) is 16.7. The Balaban J connectivity index is 1.79. The van der Waals surface area contributed by atoms with Gasteiger partial charge < -0.3 is 10.1 Å². The number of rotatable bonds is 4. The maximum absolute atomic E-state index is 12.6. The van der Waals surface area contributed by atoms with Crippen LogP contribution >= 0.6 is 15.9 Å². The third-order valence-electron chi connectivity index (χ3n) is 4.38. The van der Waals surface area contributed by atoms with Crippen LogP contribution in [-0.2, 0) is 9.84 Å². The highest BCUT2D eigenvalue weighted by Crippen LogP contribution is 2.34. The van der Waals surface area contributed by atoms with E-state index in [0.717, 1.165) is 15.8 Å². The van der Waals surface area contributed by atoms with Gasteiger partial charge in [0, 0.05) is 22.0 Å². The van der Waals surface area contributed by atoms with Crippen LogP contribution in [0.5, 0.6) is 5.75 Å².